The van der Waals surface area contributed by atoms with Crippen LogP contribution < -0.4 is 10.6 Å². The fourth-order valence-electron chi connectivity index (χ4n) is 2.25. The second kappa shape index (κ2) is 5.51. The van der Waals surface area contributed by atoms with E-state index in [0.29, 0.717) is 17.8 Å². The van der Waals surface area contributed by atoms with Crippen LogP contribution in [0.3, 0.4) is 0 Å². The standard InChI is InChI=1S/C13H19ClN2S/c1-9-10(2)17-6-5-16(9)13-7-12(14)4-3-11(13)8-15/h3-4,7,9-10H,5-6,8,15H2,1-2H3. The maximum Gasteiger partial charge on any atom is 0.0429 e. The summed E-state index contributed by atoms with van der Waals surface area (Å²) >= 11 is 8.14. The molecular weight excluding hydrogens is 252 g/mol. The first-order valence-corrected chi connectivity index (χ1v) is 7.43. The van der Waals surface area contributed by atoms with E-state index in [-0.39, 0.29) is 0 Å². The van der Waals surface area contributed by atoms with Crippen molar-refractivity contribution in [1.82, 2.24) is 0 Å². The summed E-state index contributed by atoms with van der Waals surface area (Å²) < 4.78 is 0. The van der Waals surface area contributed by atoms with E-state index >= 15 is 0 Å². The Balaban J connectivity index is 2.34. The van der Waals surface area contributed by atoms with Crippen molar-refractivity contribution in [3.05, 3.63) is 28.8 Å². The van der Waals surface area contributed by atoms with Gasteiger partial charge in [0.05, 0.1) is 0 Å². The lowest BCUT2D eigenvalue weighted by Gasteiger charge is -2.40. The van der Waals surface area contributed by atoms with E-state index in [0.717, 1.165) is 11.6 Å². The van der Waals surface area contributed by atoms with Gasteiger partial charge in [-0.15, -0.1) is 0 Å². The number of rotatable bonds is 2. The SMILES string of the molecule is CC1SCCN(c2cc(Cl)ccc2CN)C1C. The van der Waals surface area contributed by atoms with E-state index in [2.05, 4.69) is 18.7 Å². The van der Waals surface area contributed by atoms with Crippen LogP contribution in [0.5, 0.6) is 0 Å². The Morgan fingerprint density at radius 2 is 2.24 bits per heavy atom. The number of nitrogens with two attached hydrogens (primary N) is 1. The highest BCUT2D eigenvalue weighted by atomic mass is 35.5. The molecule has 0 saturated carbocycles. The fourth-order valence-corrected chi connectivity index (χ4v) is 3.52. The molecule has 2 rings (SSSR count). The minimum absolute atomic E-state index is 0.525. The average Bonchev–Trinajstić information content (AvgIpc) is 2.33. The van der Waals surface area contributed by atoms with Crippen molar-refractivity contribution in [2.24, 2.45) is 5.73 Å². The van der Waals surface area contributed by atoms with E-state index in [1.54, 1.807) is 0 Å². The van der Waals surface area contributed by atoms with Crippen LogP contribution in [0.2, 0.25) is 5.02 Å². The third-order valence-electron chi connectivity index (χ3n) is 3.46. The normalized spacial score (nSPS) is 25.1. The largest absolute Gasteiger partial charge is 0.367 e. The molecule has 4 heteroatoms. The molecule has 1 fully saturated rings. The second-order valence-electron chi connectivity index (χ2n) is 4.49. The summed E-state index contributed by atoms with van der Waals surface area (Å²) in [5.41, 5.74) is 8.20. The van der Waals surface area contributed by atoms with Gasteiger partial charge in [-0.25, -0.2) is 0 Å². The van der Waals surface area contributed by atoms with Crippen LogP contribution >= 0.6 is 23.4 Å². The molecule has 1 aliphatic rings. The molecule has 1 aromatic carbocycles. The van der Waals surface area contributed by atoms with E-state index in [1.807, 2.05) is 30.0 Å². The van der Waals surface area contributed by atoms with Gasteiger partial charge in [-0.05, 0) is 24.6 Å². The molecule has 1 heterocycles. The van der Waals surface area contributed by atoms with E-state index in [1.165, 1.54) is 17.0 Å². The third-order valence-corrected chi connectivity index (χ3v) is 5.03. The monoisotopic (exact) mass is 270 g/mol. The summed E-state index contributed by atoms with van der Waals surface area (Å²) in [6.07, 6.45) is 0. The topological polar surface area (TPSA) is 29.3 Å². The predicted octanol–water partition coefficient (Wildman–Crippen LogP) is 3.13. The minimum atomic E-state index is 0.525. The molecule has 1 aliphatic heterocycles. The Morgan fingerprint density at radius 3 is 2.94 bits per heavy atom. The summed E-state index contributed by atoms with van der Waals surface area (Å²) in [6, 6.07) is 6.53. The van der Waals surface area contributed by atoms with E-state index in [9.17, 15) is 0 Å². The fraction of sp³-hybridized carbons (Fsp3) is 0.538. The summed E-state index contributed by atoms with van der Waals surface area (Å²) in [5, 5.41) is 1.43. The molecule has 0 amide bonds. The van der Waals surface area contributed by atoms with Crippen LogP contribution in [0.4, 0.5) is 5.69 Å². The quantitative estimate of drug-likeness (QED) is 0.895. The molecular formula is C13H19ClN2S. The average molecular weight is 271 g/mol. The van der Waals surface area contributed by atoms with Gasteiger partial charge in [0.2, 0.25) is 0 Å². The van der Waals surface area contributed by atoms with Crippen molar-refractivity contribution in [1.29, 1.82) is 0 Å². The highest BCUT2D eigenvalue weighted by molar-refractivity contribution is 8.00. The van der Waals surface area contributed by atoms with Gasteiger partial charge in [0, 0.05) is 40.8 Å². The van der Waals surface area contributed by atoms with Crippen LogP contribution in [0.25, 0.3) is 0 Å². The number of thioether (sulfide) groups is 1. The molecule has 2 N–H and O–H groups in total. The predicted molar refractivity (Wildman–Crippen MR) is 78.1 cm³/mol. The number of benzene rings is 1. The maximum atomic E-state index is 6.10. The first-order valence-electron chi connectivity index (χ1n) is 6.00. The number of halogens is 1. The zero-order valence-corrected chi connectivity index (χ0v) is 11.9. The second-order valence-corrected chi connectivity index (χ2v) is 6.41. The van der Waals surface area contributed by atoms with E-state index < -0.39 is 0 Å². The minimum Gasteiger partial charge on any atom is -0.367 e. The number of nitrogens with zero attached hydrogens (tertiary/aromatic N) is 1. The van der Waals surface area contributed by atoms with Crippen LogP contribution in [-0.2, 0) is 6.54 Å². The molecule has 2 nitrogen and oxygen atoms in total. The summed E-state index contributed by atoms with van der Waals surface area (Å²) in [4.78, 5) is 2.44. The Bertz CT molecular complexity index is 397. The highest BCUT2D eigenvalue weighted by Gasteiger charge is 2.26. The van der Waals surface area contributed by atoms with Crippen molar-refractivity contribution in [3.8, 4) is 0 Å². The molecule has 94 valence electrons. The first-order chi connectivity index (χ1) is 8.13. The van der Waals surface area contributed by atoms with Crippen molar-refractivity contribution in [2.75, 3.05) is 17.2 Å². The Hall–Kier alpha value is -0.380. The Kier molecular flexibility index (Phi) is 4.23. The summed E-state index contributed by atoms with van der Waals surface area (Å²) in [6.45, 7) is 6.20. The molecule has 0 spiro atoms. The van der Waals surface area contributed by atoms with Crippen LogP contribution in [0.1, 0.15) is 19.4 Å². The van der Waals surface area contributed by atoms with Gasteiger partial charge in [-0.3, -0.25) is 0 Å². The number of anilines is 1. The molecule has 0 aromatic heterocycles. The molecule has 1 saturated heterocycles. The zero-order chi connectivity index (χ0) is 12.4. The summed E-state index contributed by atoms with van der Waals surface area (Å²) in [5.74, 6) is 1.17. The number of hydrogen-bond donors (Lipinski definition) is 1. The van der Waals surface area contributed by atoms with Crippen molar-refractivity contribution in [3.63, 3.8) is 0 Å². The van der Waals surface area contributed by atoms with Gasteiger partial charge >= 0.3 is 0 Å². The van der Waals surface area contributed by atoms with Crippen LogP contribution in [0.15, 0.2) is 18.2 Å². The van der Waals surface area contributed by atoms with Crippen molar-refractivity contribution >= 4 is 29.1 Å². The van der Waals surface area contributed by atoms with Crippen LogP contribution in [0, 0.1) is 0 Å². The van der Waals surface area contributed by atoms with Gasteiger partial charge in [0.15, 0.2) is 0 Å². The highest BCUT2D eigenvalue weighted by Crippen LogP contribution is 2.32. The Morgan fingerprint density at radius 1 is 1.47 bits per heavy atom. The van der Waals surface area contributed by atoms with E-state index in [4.69, 9.17) is 17.3 Å². The van der Waals surface area contributed by atoms with Gasteiger partial charge < -0.3 is 10.6 Å². The van der Waals surface area contributed by atoms with Gasteiger partial charge in [-0.1, -0.05) is 24.6 Å². The van der Waals surface area contributed by atoms with Crippen molar-refractivity contribution < 1.29 is 0 Å². The van der Waals surface area contributed by atoms with Gasteiger partial charge in [0.1, 0.15) is 0 Å². The lowest BCUT2D eigenvalue weighted by molar-refractivity contribution is 0.625. The molecule has 1 aromatic rings. The molecule has 17 heavy (non-hydrogen) atoms. The smallest absolute Gasteiger partial charge is 0.0429 e. The summed E-state index contributed by atoms with van der Waals surface area (Å²) in [7, 11) is 0. The first kappa shape index (κ1) is 13.1. The van der Waals surface area contributed by atoms with Crippen LogP contribution in [-0.4, -0.2) is 23.6 Å². The zero-order valence-electron chi connectivity index (χ0n) is 10.3. The molecule has 2 unspecified atom stereocenters. The number of hydrogen-bond acceptors (Lipinski definition) is 3. The molecule has 0 aliphatic carbocycles. The lowest BCUT2D eigenvalue weighted by atomic mass is 10.1. The third kappa shape index (κ3) is 2.72. The van der Waals surface area contributed by atoms with Crippen molar-refractivity contribution in [2.45, 2.75) is 31.7 Å². The molecule has 2 atom stereocenters. The lowest BCUT2D eigenvalue weighted by Crippen LogP contribution is -2.45. The van der Waals surface area contributed by atoms with Gasteiger partial charge in [0.25, 0.3) is 0 Å². The van der Waals surface area contributed by atoms with Gasteiger partial charge in [-0.2, -0.15) is 11.8 Å². The molecule has 0 bridgehead atoms. The Labute approximate surface area is 113 Å². The molecule has 0 radical (unpaired) electrons. The maximum absolute atomic E-state index is 6.10.